The maximum atomic E-state index is 14.0. The number of carbonyl (C=O) groups is 8. The Labute approximate surface area is 392 Å². The van der Waals surface area contributed by atoms with E-state index in [1.54, 1.807) is 13.8 Å². The van der Waals surface area contributed by atoms with Crippen molar-refractivity contribution in [3.63, 3.8) is 0 Å². The van der Waals surface area contributed by atoms with E-state index in [1.807, 2.05) is 0 Å². The van der Waals surface area contributed by atoms with Crippen LogP contribution in [-0.4, -0.2) is 156 Å². The number of unbranched alkanes of at least 4 members (excludes halogenated alkanes) is 6. The lowest BCUT2D eigenvalue weighted by Crippen LogP contribution is -2.64. The summed E-state index contributed by atoms with van der Waals surface area (Å²) in [4.78, 5) is 114. The summed E-state index contributed by atoms with van der Waals surface area (Å²) in [5, 5.41) is 52.4. The first kappa shape index (κ1) is 59.5. The van der Waals surface area contributed by atoms with Gasteiger partial charge in [-0.15, -0.1) is 0 Å². The SMILES string of the molecule is C/C=C1\NC(=O)C(NC(=O)CCCCCCCCC)C(O)CNC(=O)C(C(O)CN)NC(=O)C(C(O)CN)NC(=O)[C@H](CCCN=C(N)N)NC(=O)[C@H](CC(C)C)NC(=O)[C@H](CCN)NC1=O. The van der Waals surface area contributed by atoms with Gasteiger partial charge in [0.2, 0.25) is 41.4 Å². The number of allylic oxidation sites excluding steroid dienone is 1. The lowest BCUT2D eigenvalue weighted by molar-refractivity contribution is -0.138. The van der Waals surface area contributed by atoms with E-state index >= 15 is 0 Å². The van der Waals surface area contributed by atoms with E-state index in [0.29, 0.717) is 6.42 Å². The molecule has 0 spiro atoms. The second-order valence-electron chi connectivity index (χ2n) is 16.8. The Kier molecular flexibility index (Phi) is 28.7. The summed E-state index contributed by atoms with van der Waals surface area (Å²) in [7, 11) is 0. The van der Waals surface area contributed by atoms with Gasteiger partial charge in [-0.1, -0.05) is 65.4 Å². The molecule has 0 bridgehead atoms. The first-order valence-electron chi connectivity index (χ1n) is 23.0. The molecule has 1 heterocycles. The van der Waals surface area contributed by atoms with Gasteiger partial charge in [-0.25, -0.2) is 0 Å². The van der Waals surface area contributed by atoms with Crippen molar-refractivity contribution >= 4 is 53.2 Å². The van der Waals surface area contributed by atoms with Crippen LogP contribution in [0, 0.1) is 5.92 Å². The third-order valence-electron chi connectivity index (χ3n) is 10.7. The van der Waals surface area contributed by atoms with Crippen molar-refractivity contribution in [2.24, 2.45) is 39.6 Å². The molecule has 1 aliphatic heterocycles. The highest BCUT2D eigenvalue weighted by molar-refractivity contribution is 6.02. The van der Waals surface area contributed by atoms with Crippen molar-refractivity contribution < 1.29 is 53.7 Å². The van der Waals surface area contributed by atoms with Crippen molar-refractivity contribution in [3.8, 4) is 0 Å². The van der Waals surface area contributed by atoms with Gasteiger partial charge in [0.05, 0.1) is 12.2 Å². The molecule has 8 amide bonds. The Morgan fingerprint density at radius 2 is 1.27 bits per heavy atom. The van der Waals surface area contributed by atoms with Crippen molar-refractivity contribution in [3.05, 3.63) is 11.8 Å². The molecular weight excluding hydrogens is 877 g/mol. The zero-order valence-electron chi connectivity index (χ0n) is 39.3. The lowest BCUT2D eigenvalue weighted by Gasteiger charge is -2.30. The quantitative estimate of drug-likeness (QED) is 0.0221. The van der Waals surface area contributed by atoms with Gasteiger partial charge in [-0.3, -0.25) is 43.3 Å². The molecular formula is C42H78N14O11. The third kappa shape index (κ3) is 22.3. The van der Waals surface area contributed by atoms with E-state index in [2.05, 4.69) is 54.5 Å². The van der Waals surface area contributed by atoms with Crippen LogP contribution in [0.25, 0.3) is 0 Å². The summed E-state index contributed by atoms with van der Waals surface area (Å²) in [5.41, 5.74) is 27.7. The number of carbonyl (C=O) groups excluding carboxylic acids is 8. The number of aliphatic hydroxyl groups is 3. The molecule has 9 atom stereocenters. The molecule has 0 aromatic carbocycles. The Balaban J connectivity index is 3.84. The fourth-order valence-corrected chi connectivity index (χ4v) is 6.86. The Morgan fingerprint density at radius 3 is 1.84 bits per heavy atom. The van der Waals surface area contributed by atoms with Gasteiger partial charge in [0.15, 0.2) is 5.96 Å². The number of amides is 8. The molecule has 382 valence electrons. The van der Waals surface area contributed by atoms with Crippen molar-refractivity contribution in [2.75, 3.05) is 32.7 Å². The van der Waals surface area contributed by atoms with Gasteiger partial charge in [0.25, 0.3) is 5.91 Å². The van der Waals surface area contributed by atoms with Gasteiger partial charge < -0.3 is 86.5 Å². The average Bonchev–Trinajstić information content (AvgIpc) is 3.28. The summed E-state index contributed by atoms with van der Waals surface area (Å²) in [6.07, 6.45) is 1.79. The van der Waals surface area contributed by atoms with E-state index < -0.39 is 127 Å². The second kappa shape index (κ2) is 32.3. The molecule has 21 N–H and O–H groups in total. The van der Waals surface area contributed by atoms with Gasteiger partial charge >= 0.3 is 0 Å². The maximum absolute atomic E-state index is 14.0. The average molecular weight is 955 g/mol. The predicted octanol–water partition coefficient (Wildman–Crippen LogP) is -5.37. The normalized spacial score (nSPS) is 24.8. The topological polar surface area (TPSA) is 436 Å². The summed E-state index contributed by atoms with van der Waals surface area (Å²) in [6, 6.07) is -9.77. The summed E-state index contributed by atoms with van der Waals surface area (Å²) in [5.74, 6) is -8.29. The fraction of sp³-hybridized carbons (Fsp3) is 0.738. The smallest absolute Gasteiger partial charge is 0.268 e. The largest absolute Gasteiger partial charge is 0.389 e. The molecule has 0 aromatic rings. The molecule has 0 radical (unpaired) electrons. The highest BCUT2D eigenvalue weighted by atomic mass is 16.3. The molecule has 6 unspecified atom stereocenters. The molecule has 1 saturated heterocycles. The van der Waals surface area contributed by atoms with Gasteiger partial charge in [0, 0.05) is 32.6 Å². The van der Waals surface area contributed by atoms with E-state index in [4.69, 9.17) is 28.7 Å². The van der Waals surface area contributed by atoms with E-state index in [1.165, 1.54) is 13.0 Å². The number of nitrogens with one attached hydrogen (secondary N) is 8. The summed E-state index contributed by atoms with van der Waals surface area (Å²) in [6.45, 7) is 4.92. The zero-order chi connectivity index (χ0) is 50.6. The molecule has 1 aliphatic rings. The number of β-amino-alcohol motifs (C(OH)–C–C–N with tert-alkyl or cyclic N) is 1. The molecule has 0 aliphatic carbocycles. The number of aliphatic hydroxyl groups excluding tert-OH is 3. The third-order valence-corrected chi connectivity index (χ3v) is 10.7. The molecule has 1 rings (SSSR count). The molecule has 0 saturated carbocycles. The first-order valence-corrected chi connectivity index (χ1v) is 23.0. The number of nitrogens with zero attached hydrogens (tertiary/aromatic N) is 1. The highest BCUT2D eigenvalue weighted by Gasteiger charge is 2.38. The first-order chi connectivity index (χ1) is 31.7. The second-order valence-corrected chi connectivity index (χ2v) is 16.8. The van der Waals surface area contributed by atoms with Crippen molar-refractivity contribution in [1.82, 2.24) is 42.5 Å². The van der Waals surface area contributed by atoms with Gasteiger partial charge in [-0.05, 0) is 51.5 Å². The minimum atomic E-state index is -1.91. The predicted molar refractivity (Wildman–Crippen MR) is 248 cm³/mol. The Morgan fingerprint density at radius 1 is 0.731 bits per heavy atom. The molecule has 0 aromatic heterocycles. The lowest BCUT2D eigenvalue weighted by atomic mass is 10.0. The number of hydrogen-bond acceptors (Lipinski definition) is 15. The van der Waals surface area contributed by atoms with Crippen LogP contribution in [-0.2, 0) is 38.4 Å². The maximum Gasteiger partial charge on any atom is 0.268 e. The summed E-state index contributed by atoms with van der Waals surface area (Å²) >= 11 is 0. The minimum Gasteiger partial charge on any atom is -0.389 e. The Hall–Kier alpha value is -5.47. The van der Waals surface area contributed by atoms with Crippen molar-refractivity contribution in [2.45, 2.75) is 159 Å². The number of rotatable bonds is 21. The van der Waals surface area contributed by atoms with Gasteiger partial charge in [-0.2, -0.15) is 0 Å². The number of aliphatic imine (C=N–C) groups is 1. The van der Waals surface area contributed by atoms with Crippen LogP contribution in [0.1, 0.15) is 105 Å². The van der Waals surface area contributed by atoms with E-state index in [-0.39, 0.29) is 57.1 Å². The minimum absolute atomic E-state index is 0.00738. The van der Waals surface area contributed by atoms with Crippen LogP contribution >= 0.6 is 0 Å². The van der Waals surface area contributed by atoms with E-state index in [0.717, 1.165) is 38.5 Å². The molecule has 67 heavy (non-hydrogen) atoms. The van der Waals surface area contributed by atoms with Crippen LogP contribution in [0.5, 0.6) is 0 Å². The van der Waals surface area contributed by atoms with Crippen LogP contribution in [0.15, 0.2) is 16.8 Å². The van der Waals surface area contributed by atoms with Crippen LogP contribution in [0.2, 0.25) is 0 Å². The van der Waals surface area contributed by atoms with E-state index in [9.17, 15) is 53.7 Å². The van der Waals surface area contributed by atoms with Crippen molar-refractivity contribution in [1.29, 1.82) is 0 Å². The number of hydrogen-bond donors (Lipinski definition) is 16. The number of nitrogens with two attached hydrogens (primary N) is 5. The van der Waals surface area contributed by atoms with Crippen LogP contribution < -0.4 is 71.2 Å². The van der Waals surface area contributed by atoms with Gasteiger partial charge in [0.1, 0.15) is 48.1 Å². The fourth-order valence-electron chi connectivity index (χ4n) is 6.86. The molecule has 1 fully saturated rings. The highest BCUT2D eigenvalue weighted by Crippen LogP contribution is 2.11. The van der Waals surface area contributed by atoms with Crippen LogP contribution in [0.4, 0.5) is 0 Å². The monoisotopic (exact) mass is 955 g/mol. The Bertz CT molecular complexity index is 1680. The standard InChI is InChI=1S/C42H78N14O11/c1-5-7-8-9-10-11-12-15-31(60)54-34-30(59)22-49-39(65)32(28(57)20-44)56-41(67)33(29(58)21-45)55-37(63)25(14-13-18-48-42(46)47)51-38(64)27(19-23(3)4)53-36(62)26(16-17-43)52-35(61)24(6-2)50-40(34)66/h6,23,25-30,32-34,57-59H,5,7-22,43-45H2,1-4H3,(H,49,65)(H,50,66)(H,51,64)(H,52,61)(H,53,62)(H,54,60)(H,55,63)(H,56,67)(H4,46,47,48)/b24-6-/t25-,26-,27-,28?,29?,30?,32?,33?,34?/m0/s1. The summed E-state index contributed by atoms with van der Waals surface area (Å²) < 4.78 is 0. The zero-order valence-corrected chi connectivity index (χ0v) is 39.3. The van der Waals surface area contributed by atoms with Crippen LogP contribution in [0.3, 0.4) is 0 Å². The molecule has 25 heteroatoms. The molecule has 25 nitrogen and oxygen atoms in total. The number of guanidine groups is 1.